The monoisotopic (exact) mass is 287 g/mol. The van der Waals surface area contributed by atoms with Gasteiger partial charge in [-0.3, -0.25) is 0 Å². The van der Waals surface area contributed by atoms with Crippen molar-refractivity contribution in [1.29, 1.82) is 0 Å². The zero-order valence-corrected chi connectivity index (χ0v) is 13.8. The van der Waals surface area contributed by atoms with Crippen LogP contribution in [0.25, 0.3) is 0 Å². The summed E-state index contributed by atoms with van der Waals surface area (Å²) in [6.07, 6.45) is 1.07. The van der Waals surface area contributed by atoms with Crippen molar-refractivity contribution >= 4 is 11.3 Å². The number of benzene rings is 1. The molecular weight excluding hydrogens is 262 g/mol. The van der Waals surface area contributed by atoms with Crippen LogP contribution < -0.4 is 5.32 Å². The van der Waals surface area contributed by atoms with Gasteiger partial charge in [-0.25, -0.2) is 0 Å². The van der Waals surface area contributed by atoms with Gasteiger partial charge in [0.05, 0.1) is 0 Å². The molecule has 1 N–H and O–H groups in total. The maximum Gasteiger partial charge on any atom is 0.0371 e. The molecule has 1 aromatic heterocycles. The van der Waals surface area contributed by atoms with E-state index in [0.717, 1.165) is 13.0 Å². The van der Waals surface area contributed by atoms with Crippen LogP contribution in [-0.4, -0.2) is 6.54 Å². The van der Waals surface area contributed by atoms with Gasteiger partial charge in [0.1, 0.15) is 0 Å². The maximum absolute atomic E-state index is 3.66. The highest BCUT2D eigenvalue weighted by molar-refractivity contribution is 7.09. The smallest absolute Gasteiger partial charge is 0.0371 e. The molecule has 20 heavy (non-hydrogen) atoms. The number of nitrogens with one attached hydrogen (secondary N) is 1. The number of likely N-dealkylation sites (N-methyl/N-ethyl adjacent to an activating group) is 1. The van der Waals surface area contributed by atoms with Crippen molar-refractivity contribution in [3.8, 4) is 0 Å². The second-order valence-corrected chi connectivity index (χ2v) is 7.26. The Morgan fingerprint density at radius 3 is 2.45 bits per heavy atom. The Balaban J connectivity index is 2.34. The molecule has 108 valence electrons. The number of thiophene rings is 1. The summed E-state index contributed by atoms with van der Waals surface area (Å²) in [5.74, 6) is 0. The average molecular weight is 287 g/mol. The minimum atomic E-state index is 0.180. The van der Waals surface area contributed by atoms with Gasteiger partial charge in [-0.1, -0.05) is 58.0 Å². The summed E-state index contributed by atoms with van der Waals surface area (Å²) >= 11 is 1.85. The minimum absolute atomic E-state index is 0.180. The largest absolute Gasteiger partial charge is 0.310 e. The molecule has 1 aromatic carbocycles. The van der Waals surface area contributed by atoms with E-state index in [9.17, 15) is 0 Å². The first-order valence-electron chi connectivity index (χ1n) is 7.37. The molecule has 0 aliphatic rings. The van der Waals surface area contributed by atoms with Crippen LogP contribution in [-0.2, 0) is 11.8 Å². The number of hydrogen-bond donors (Lipinski definition) is 1. The predicted molar refractivity (Wildman–Crippen MR) is 89.6 cm³/mol. The molecule has 1 atom stereocenters. The molecule has 0 amide bonds. The molecule has 0 spiro atoms. The highest BCUT2D eigenvalue weighted by atomic mass is 32.1. The standard InChI is InChI=1S/C18H25NS/c1-5-19-17(13-14-9-8-12-20-14)15-10-6-7-11-16(15)18(2,3)4/h6-12,17,19H,5,13H2,1-4H3. The fourth-order valence-corrected chi connectivity index (χ4v) is 3.40. The normalized spacial score (nSPS) is 13.4. The van der Waals surface area contributed by atoms with Gasteiger partial charge in [-0.05, 0) is 34.5 Å². The Labute approximate surface area is 127 Å². The summed E-state index contributed by atoms with van der Waals surface area (Å²) < 4.78 is 0. The van der Waals surface area contributed by atoms with E-state index in [1.165, 1.54) is 16.0 Å². The molecular formula is C18H25NS. The molecule has 0 fully saturated rings. The highest BCUT2D eigenvalue weighted by Gasteiger charge is 2.22. The quantitative estimate of drug-likeness (QED) is 0.821. The van der Waals surface area contributed by atoms with Crippen LogP contribution in [0.5, 0.6) is 0 Å². The lowest BCUT2D eigenvalue weighted by atomic mass is 9.81. The minimum Gasteiger partial charge on any atom is -0.310 e. The van der Waals surface area contributed by atoms with E-state index in [1.54, 1.807) is 0 Å². The van der Waals surface area contributed by atoms with Crippen LogP contribution in [0.15, 0.2) is 41.8 Å². The molecule has 0 bridgehead atoms. The van der Waals surface area contributed by atoms with Crippen LogP contribution in [0.4, 0.5) is 0 Å². The van der Waals surface area contributed by atoms with E-state index in [2.05, 4.69) is 74.8 Å². The summed E-state index contributed by atoms with van der Waals surface area (Å²) in [6, 6.07) is 13.6. The second kappa shape index (κ2) is 6.55. The zero-order valence-electron chi connectivity index (χ0n) is 12.9. The van der Waals surface area contributed by atoms with E-state index in [0.29, 0.717) is 6.04 Å². The second-order valence-electron chi connectivity index (χ2n) is 6.23. The first kappa shape index (κ1) is 15.3. The molecule has 1 heterocycles. The summed E-state index contributed by atoms with van der Waals surface area (Å²) in [4.78, 5) is 1.44. The van der Waals surface area contributed by atoms with Crippen LogP contribution in [0.1, 0.15) is 49.7 Å². The first-order valence-corrected chi connectivity index (χ1v) is 8.25. The van der Waals surface area contributed by atoms with Crippen LogP contribution in [0, 0.1) is 0 Å². The lowest BCUT2D eigenvalue weighted by Gasteiger charge is -2.28. The zero-order chi connectivity index (χ0) is 14.6. The molecule has 0 saturated heterocycles. The van der Waals surface area contributed by atoms with Gasteiger partial charge >= 0.3 is 0 Å². The molecule has 0 saturated carbocycles. The summed E-state index contributed by atoms with van der Waals surface area (Å²) in [5, 5.41) is 5.82. The van der Waals surface area contributed by atoms with E-state index in [1.807, 2.05) is 11.3 Å². The summed E-state index contributed by atoms with van der Waals surface area (Å²) in [5.41, 5.74) is 3.07. The topological polar surface area (TPSA) is 12.0 Å². The molecule has 1 nitrogen and oxygen atoms in total. The Morgan fingerprint density at radius 1 is 1.10 bits per heavy atom. The predicted octanol–water partition coefficient (Wildman–Crippen LogP) is 4.94. The van der Waals surface area contributed by atoms with Gasteiger partial charge in [-0.15, -0.1) is 11.3 Å². The van der Waals surface area contributed by atoms with Crippen molar-refractivity contribution in [3.63, 3.8) is 0 Å². The Morgan fingerprint density at radius 2 is 1.85 bits per heavy atom. The van der Waals surface area contributed by atoms with Gasteiger partial charge in [0, 0.05) is 17.3 Å². The molecule has 2 heteroatoms. The highest BCUT2D eigenvalue weighted by Crippen LogP contribution is 2.31. The van der Waals surface area contributed by atoms with Crippen molar-refractivity contribution in [3.05, 3.63) is 57.8 Å². The average Bonchev–Trinajstić information content (AvgIpc) is 2.90. The molecule has 0 aliphatic heterocycles. The lowest BCUT2D eigenvalue weighted by molar-refractivity contribution is 0.519. The fourth-order valence-electron chi connectivity index (χ4n) is 2.65. The van der Waals surface area contributed by atoms with E-state index in [4.69, 9.17) is 0 Å². The lowest BCUT2D eigenvalue weighted by Crippen LogP contribution is -2.26. The van der Waals surface area contributed by atoms with Crippen LogP contribution in [0.2, 0.25) is 0 Å². The van der Waals surface area contributed by atoms with Crippen molar-refractivity contribution in [2.45, 2.75) is 45.6 Å². The third-order valence-corrected chi connectivity index (χ3v) is 4.48. The third kappa shape index (κ3) is 3.71. The third-order valence-electron chi connectivity index (χ3n) is 3.58. The van der Waals surface area contributed by atoms with Gasteiger partial charge in [0.2, 0.25) is 0 Å². The van der Waals surface area contributed by atoms with E-state index < -0.39 is 0 Å². The number of rotatable bonds is 5. The van der Waals surface area contributed by atoms with Gasteiger partial charge < -0.3 is 5.32 Å². The Hall–Kier alpha value is -1.12. The van der Waals surface area contributed by atoms with Gasteiger partial charge in [0.15, 0.2) is 0 Å². The fraction of sp³-hybridized carbons (Fsp3) is 0.444. The van der Waals surface area contributed by atoms with Gasteiger partial charge in [0.25, 0.3) is 0 Å². The van der Waals surface area contributed by atoms with E-state index >= 15 is 0 Å². The van der Waals surface area contributed by atoms with Gasteiger partial charge in [-0.2, -0.15) is 0 Å². The molecule has 0 radical (unpaired) electrons. The van der Waals surface area contributed by atoms with Crippen LogP contribution >= 0.6 is 11.3 Å². The Kier molecular flexibility index (Phi) is 5.00. The molecule has 2 rings (SSSR count). The van der Waals surface area contributed by atoms with E-state index in [-0.39, 0.29) is 5.41 Å². The van der Waals surface area contributed by atoms with Crippen molar-refractivity contribution in [2.75, 3.05) is 6.54 Å². The Bertz CT molecular complexity index is 523. The SMILES string of the molecule is CCNC(Cc1cccs1)c1ccccc1C(C)(C)C. The molecule has 2 aromatic rings. The summed E-state index contributed by atoms with van der Waals surface area (Å²) in [7, 11) is 0. The van der Waals surface area contributed by atoms with Crippen molar-refractivity contribution in [2.24, 2.45) is 0 Å². The molecule has 0 aliphatic carbocycles. The van der Waals surface area contributed by atoms with Crippen molar-refractivity contribution in [1.82, 2.24) is 5.32 Å². The van der Waals surface area contributed by atoms with Crippen molar-refractivity contribution < 1.29 is 0 Å². The maximum atomic E-state index is 3.66. The number of hydrogen-bond acceptors (Lipinski definition) is 2. The van der Waals surface area contributed by atoms with Crippen LogP contribution in [0.3, 0.4) is 0 Å². The first-order chi connectivity index (χ1) is 9.52. The molecule has 1 unspecified atom stereocenters. The summed E-state index contributed by atoms with van der Waals surface area (Å²) in [6.45, 7) is 10.1.